The quantitative estimate of drug-likeness (QED) is 0.311. The number of piperazine rings is 1. The van der Waals surface area contributed by atoms with Crippen LogP contribution in [0, 0.1) is 10.1 Å². The number of hydrogen-bond donors (Lipinski definition) is 0. The van der Waals surface area contributed by atoms with Crippen LogP contribution in [0.4, 0.5) is 5.69 Å². The maximum atomic E-state index is 13.2. The second-order valence-corrected chi connectivity index (χ2v) is 8.23. The van der Waals surface area contributed by atoms with E-state index in [0.29, 0.717) is 63.0 Å². The lowest BCUT2D eigenvalue weighted by molar-refractivity contribution is -0.386. The molecule has 0 aromatic heterocycles. The number of nitrogens with zero attached hydrogens (tertiary/aromatic N) is 3. The maximum Gasteiger partial charge on any atom is 0.315 e. The monoisotopic (exact) mass is 539 g/mol. The Kier molecular flexibility index (Phi) is 11.1. The number of nitro benzene ring substituents is 1. The molecule has 204 valence electrons. The van der Waals surface area contributed by atoms with E-state index in [1.54, 1.807) is 26.2 Å². The van der Waals surface area contributed by atoms with Crippen molar-refractivity contribution in [1.29, 1.82) is 0 Å². The Morgan fingerprint density at radius 1 is 0.892 bits per heavy atom. The predicted molar refractivity (Wildman–Crippen MR) is 140 cm³/mol. The van der Waals surface area contributed by atoms with Crippen molar-refractivity contribution in [1.82, 2.24) is 9.80 Å². The van der Waals surface area contributed by atoms with Crippen LogP contribution in [0.2, 0.25) is 0 Å². The number of methoxy groups -OCH3 is 4. The molecule has 0 aliphatic carbocycles. The minimum atomic E-state index is -0.556. The van der Waals surface area contributed by atoms with Crippen molar-refractivity contribution < 1.29 is 33.4 Å². The van der Waals surface area contributed by atoms with Gasteiger partial charge in [0, 0.05) is 38.8 Å². The van der Waals surface area contributed by atoms with E-state index >= 15 is 0 Å². The molecule has 0 unspecified atom stereocenters. The van der Waals surface area contributed by atoms with Crippen LogP contribution in [-0.4, -0.2) is 81.9 Å². The van der Waals surface area contributed by atoms with Crippen LogP contribution in [-0.2, 0) is 6.54 Å². The smallest absolute Gasteiger partial charge is 0.315 e. The fourth-order valence-electron chi connectivity index (χ4n) is 4.12. The van der Waals surface area contributed by atoms with Gasteiger partial charge in [-0.1, -0.05) is 6.92 Å². The highest BCUT2D eigenvalue weighted by Crippen LogP contribution is 2.40. The van der Waals surface area contributed by atoms with E-state index < -0.39 is 4.92 Å². The predicted octanol–water partition coefficient (Wildman–Crippen LogP) is 3.80. The minimum absolute atomic E-state index is 0. The van der Waals surface area contributed by atoms with Crippen LogP contribution in [0.1, 0.15) is 29.3 Å². The van der Waals surface area contributed by atoms with Crippen molar-refractivity contribution in [2.24, 2.45) is 0 Å². The number of carbonyl (C=O) groups is 1. The summed E-state index contributed by atoms with van der Waals surface area (Å²) in [5, 5.41) is 11.7. The Bertz CT molecular complexity index is 1060. The first-order valence-electron chi connectivity index (χ1n) is 11.7. The molecule has 3 rings (SSSR count). The topological polar surface area (TPSA) is 113 Å². The zero-order valence-corrected chi connectivity index (χ0v) is 22.6. The third-order valence-electron chi connectivity index (χ3n) is 5.94. The number of ether oxygens (including phenoxy) is 5. The summed E-state index contributed by atoms with van der Waals surface area (Å²) in [7, 11) is 6.11. The summed E-state index contributed by atoms with van der Waals surface area (Å²) >= 11 is 0. The molecular weight excluding hydrogens is 506 g/mol. The Balaban J connectivity index is 0.00000481. The van der Waals surface area contributed by atoms with Gasteiger partial charge < -0.3 is 28.6 Å². The minimum Gasteiger partial charge on any atom is -0.493 e. The molecule has 0 radical (unpaired) electrons. The molecule has 0 atom stereocenters. The van der Waals surface area contributed by atoms with Gasteiger partial charge in [0.1, 0.15) is 0 Å². The molecule has 2 aromatic carbocycles. The lowest BCUT2D eigenvalue weighted by atomic mass is 10.1. The number of amides is 1. The van der Waals surface area contributed by atoms with Gasteiger partial charge in [-0.3, -0.25) is 19.8 Å². The van der Waals surface area contributed by atoms with Gasteiger partial charge in [0.15, 0.2) is 17.2 Å². The summed E-state index contributed by atoms with van der Waals surface area (Å²) in [5.74, 6) is 1.63. The summed E-state index contributed by atoms with van der Waals surface area (Å²) < 4.78 is 27.1. The molecule has 0 saturated carbocycles. The number of carbonyl (C=O) groups excluding carboxylic acids is 1. The summed E-state index contributed by atoms with van der Waals surface area (Å²) in [6.07, 6.45) is 0.682. The fraction of sp³-hybridized carbons (Fsp3) is 0.480. The molecule has 12 heteroatoms. The zero-order chi connectivity index (χ0) is 26.2. The Hall–Kier alpha value is -3.44. The number of rotatable bonds is 11. The largest absolute Gasteiger partial charge is 0.493 e. The first-order chi connectivity index (χ1) is 17.4. The molecule has 1 heterocycles. The van der Waals surface area contributed by atoms with Gasteiger partial charge >= 0.3 is 5.69 Å². The second-order valence-electron chi connectivity index (χ2n) is 8.23. The highest BCUT2D eigenvalue weighted by molar-refractivity contribution is 5.96. The van der Waals surface area contributed by atoms with Gasteiger partial charge in [-0.2, -0.15) is 0 Å². The van der Waals surface area contributed by atoms with E-state index in [2.05, 4.69) is 4.90 Å². The fourth-order valence-corrected chi connectivity index (χ4v) is 4.12. The third kappa shape index (κ3) is 6.86. The van der Waals surface area contributed by atoms with Crippen molar-refractivity contribution in [3.05, 3.63) is 45.5 Å². The molecule has 37 heavy (non-hydrogen) atoms. The van der Waals surface area contributed by atoms with Crippen molar-refractivity contribution in [3.63, 3.8) is 0 Å². The van der Waals surface area contributed by atoms with Crippen molar-refractivity contribution in [2.45, 2.75) is 19.9 Å². The van der Waals surface area contributed by atoms with Crippen molar-refractivity contribution >= 4 is 24.0 Å². The normalized spacial score (nSPS) is 13.4. The van der Waals surface area contributed by atoms with Gasteiger partial charge in [0.2, 0.25) is 11.5 Å². The summed E-state index contributed by atoms with van der Waals surface area (Å²) in [4.78, 5) is 28.2. The Morgan fingerprint density at radius 3 is 1.95 bits per heavy atom. The van der Waals surface area contributed by atoms with Crippen LogP contribution >= 0.6 is 12.4 Å². The van der Waals surface area contributed by atoms with E-state index in [1.165, 1.54) is 19.2 Å². The number of halogens is 1. The average molecular weight is 540 g/mol. The molecule has 1 aliphatic heterocycles. The summed E-state index contributed by atoms with van der Waals surface area (Å²) in [5.41, 5.74) is 0.903. The van der Waals surface area contributed by atoms with Gasteiger partial charge in [0.25, 0.3) is 5.91 Å². The molecule has 0 spiro atoms. The van der Waals surface area contributed by atoms with E-state index in [4.69, 9.17) is 23.7 Å². The van der Waals surface area contributed by atoms with Crippen LogP contribution in [0.15, 0.2) is 24.3 Å². The van der Waals surface area contributed by atoms with E-state index in [1.807, 2.05) is 19.1 Å². The van der Waals surface area contributed by atoms with Crippen LogP contribution in [0.3, 0.4) is 0 Å². The molecule has 1 saturated heterocycles. The van der Waals surface area contributed by atoms with Gasteiger partial charge in [-0.25, -0.2) is 0 Å². The second kappa shape index (κ2) is 13.8. The Labute approximate surface area is 222 Å². The van der Waals surface area contributed by atoms with Crippen LogP contribution in [0.25, 0.3) is 0 Å². The third-order valence-corrected chi connectivity index (χ3v) is 5.94. The average Bonchev–Trinajstić information content (AvgIpc) is 2.90. The van der Waals surface area contributed by atoms with E-state index in [9.17, 15) is 14.9 Å². The standard InChI is InChI=1S/C25H33N3O8.ClH/c1-6-11-36-23-19(28(30)31)14-18(15-22(23)34-4)25(29)27-9-7-26(8-10-27)16-17-12-20(32-2)24(35-5)21(13-17)33-3;/h12-15H,6-11,16H2,1-5H3;1H. The summed E-state index contributed by atoms with van der Waals surface area (Å²) in [6, 6.07) is 6.58. The SMILES string of the molecule is CCCOc1c(OC)cc(C(=O)N2CCN(Cc3cc(OC)c(OC)c(OC)c3)CC2)cc1[N+](=O)[O-].Cl. The van der Waals surface area contributed by atoms with E-state index in [0.717, 1.165) is 5.56 Å². The first-order valence-corrected chi connectivity index (χ1v) is 11.7. The Morgan fingerprint density at radius 2 is 1.46 bits per heavy atom. The molecule has 1 aliphatic rings. The molecule has 1 amide bonds. The summed E-state index contributed by atoms with van der Waals surface area (Å²) in [6.45, 7) is 5.08. The lowest BCUT2D eigenvalue weighted by Gasteiger charge is -2.35. The highest BCUT2D eigenvalue weighted by Gasteiger charge is 2.28. The molecule has 11 nitrogen and oxygen atoms in total. The number of nitro groups is 1. The highest BCUT2D eigenvalue weighted by atomic mass is 35.5. The zero-order valence-electron chi connectivity index (χ0n) is 21.8. The van der Waals surface area contributed by atoms with E-state index in [-0.39, 0.29) is 41.1 Å². The lowest BCUT2D eigenvalue weighted by Crippen LogP contribution is -2.48. The molecule has 1 fully saturated rings. The van der Waals surface area contributed by atoms with Crippen LogP contribution < -0.4 is 23.7 Å². The first kappa shape index (κ1) is 29.8. The van der Waals surface area contributed by atoms with Crippen LogP contribution in [0.5, 0.6) is 28.7 Å². The molecule has 0 bridgehead atoms. The van der Waals surface area contributed by atoms with Crippen molar-refractivity contribution in [3.8, 4) is 28.7 Å². The molecule has 2 aromatic rings. The van der Waals surface area contributed by atoms with Crippen molar-refractivity contribution in [2.75, 3.05) is 61.2 Å². The number of hydrogen-bond acceptors (Lipinski definition) is 9. The van der Waals surface area contributed by atoms with Gasteiger partial charge in [-0.15, -0.1) is 12.4 Å². The maximum absolute atomic E-state index is 13.2. The molecular formula is C25H34ClN3O8. The van der Waals surface area contributed by atoms with Gasteiger partial charge in [0.05, 0.1) is 45.5 Å². The molecule has 0 N–H and O–H groups in total. The van der Waals surface area contributed by atoms with Gasteiger partial charge in [-0.05, 0) is 30.2 Å². The number of benzene rings is 2.